The van der Waals surface area contributed by atoms with E-state index in [1.165, 1.54) is 84.9 Å². The number of aromatic nitrogens is 4. The van der Waals surface area contributed by atoms with Crippen LogP contribution in [0.3, 0.4) is 0 Å². The van der Waals surface area contributed by atoms with Crippen LogP contribution in [-0.4, -0.2) is 66.4 Å². The zero-order valence-corrected chi connectivity index (χ0v) is 39.0. The molecule has 0 fully saturated rings. The monoisotopic (exact) mass is 1040 g/mol. The number of fused-ring (bicyclic) bond motifs is 8. The molecule has 1 N–H and O–H groups in total. The van der Waals surface area contributed by atoms with Crippen LogP contribution < -0.4 is 4.98 Å². The Bertz CT molecular complexity index is 3610. The Labute approximate surface area is 395 Å². The molecule has 4 aromatic carbocycles. The summed E-state index contributed by atoms with van der Waals surface area (Å²) >= 11 is 3.03. The van der Waals surface area contributed by atoms with Gasteiger partial charge in [0.05, 0.1) is 53.4 Å². The summed E-state index contributed by atoms with van der Waals surface area (Å²) in [6, 6.07) is 28.1. The second-order valence-corrected chi connectivity index (χ2v) is 20.3. The third-order valence-corrected chi connectivity index (χ3v) is 14.2. The van der Waals surface area contributed by atoms with E-state index < -0.39 is 55.2 Å². The molecule has 342 valence electrons. The minimum atomic E-state index is -4.81. The first-order chi connectivity index (χ1) is 31.6. The number of nitrogens with zero attached hydrogens (tertiary/aromatic N) is 4. The van der Waals surface area contributed by atoms with Crippen LogP contribution in [0, 0.1) is 0 Å². The van der Waals surface area contributed by atoms with E-state index in [-0.39, 0.29) is 4.90 Å². The fraction of sp³-hybridized carbons (Fsp3) is 0.0222. The van der Waals surface area contributed by atoms with Crippen molar-refractivity contribution in [1.82, 2.24) is 19.5 Å². The average molecular weight is 1040 g/mol. The standard InChI is InChI=1S/C45H31N4O12S4.ClH.Co/c1-49-40-24-25-41(49)45(29-8-16-33(17-9-29)65(59,60)61)39-23-21-37(48-39)43(27-4-12-31(13-5-27)63(53,54)55)35-19-18-34(46-35)42(26-2-10-30(11-3-26)62(50,51)52)36-20-22-38(47-36)44(40)28-6-14-32(15-7-28)64(56,57)58;;/h2-25H,1H3,(H,50,51,52)(H,53,54,55)(H,56,57,58)(H,59,60,61);1H;/q-1;;+3/p-4. The molecule has 0 atom stereocenters. The molecule has 0 saturated heterocycles. The normalized spacial score (nSPS) is 12.8. The maximum absolute atomic E-state index is 12.0. The average Bonchev–Trinajstić information content (AvgIpc) is 4.12. The molecule has 2 aliphatic heterocycles. The number of halogens is 1. The molecule has 16 nitrogen and oxygen atoms in total. The van der Waals surface area contributed by atoms with Crippen molar-refractivity contribution in [2.24, 2.45) is 7.05 Å². The Morgan fingerprint density at radius 3 is 1.00 bits per heavy atom. The predicted octanol–water partition coefficient (Wildman–Crippen LogP) is 7.61. The Balaban J connectivity index is 0.00000300. The Morgan fingerprint density at radius 1 is 0.448 bits per heavy atom. The van der Waals surface area contributed by atoms with Crippen LogP contribution in [0.1, 0.15) is 22.8 Å². The molecule has 0 spiro atoms. The Morgan fingerprint density at radius 2 is 0.716 bits per heavy atom. The van der Waals surface area contributed by atoms with Gasteiger partial charge in [-0.1, -0.05) is 60.7 Å². The fourth-order valence-electron chi connectivity index (χ4n) is 7.80. The SMILES string of the molecule is Cn1c2ccc1c(-c1ccc(S(=O)(=O)[O-])cc1)c1nc(c(-c3ccc(S(=O)(=O)O)cc3)c3ccc([n-]3)c(-c3ccc(S(=O)(=O)[O-])cc3)c3nc(c2-c2ccc(S(=O)(=O)[O-])cc2)C=C3)C=C1.[Cl][Co+2]. The van der Waals surface area contributed by atoms with Crippen LogP contribution in [-0.2, 0) is 62.4 Å². The van der Waals surface area contributed by atoms with Gasteiger partial charge in [0, 0.05) is 18.2 Å². The molecule has 0 radical (unpaired) electrons. The van der Waals surface area contributed by atoms with Crippen molar-refractivity contribution in [3.8, 4) is 44.5 Å². The molecule has 9 rings (SSSR count). The van der Waals surface area contributed by atoms with Crippen molar-refractivity contribution in [2.45, 2.75) is 19.6 Å². The molecule has 67 heavy (non-hydrogen) atoms. The molecular formula is C45H28ClCoN4O12S4-2. The van der Waals surface area contributed by atoms with E-state index in [4.69, 9.17) is 15.0 Å². The van der Waals surface area contributed by atoms with Crippen LogP contribution in [0.2, 0.25) is 0 Å². The fourth-order valence-corrected chi connectivity index (χ4v) is 9.69. The summed E-state index contributed by atoms with van der Waals surface area (Å²) in [5.41, 5.74) is 6.72. The molecule has 2 aliphatic rings. The van der Waals surface area contributed by atoms with Gasteiger partial charge in [0.1, 0.15) is 30.4 Å². The predicted molar refractivity (Wildman–Crippen MR) is 244 cm³/mol. The van der Waals surface area contributed by atoms with Gasteiger partial charge in [-0.05, 0) is 118 Å². The molecule has 8 bridgehead atoms. The third-order valence-electron chi connectivity index (χ3n) is 10.8. The molecule has 3 aromatic heterocycles. The topological polar surface area (TPSA) is 271 Å². The van der Waals surface area contributed by atoms with Crippen molar-refractivity contribution >= 4 is 97.0 Å². The van der Waals surface area contributed by atoms with Crippen LogP contribution in [0.4, 0.5) is 0 Å². The van der Waals surface area contributed by atoms with Gasteiger partial charge in [0.25, 0.3) is 10.1 Å². The zero-order valence-electron chi connectivity index (χ0n) is 33.9. The van der Waals surface area contributed by atoms with E-state index in [0.717, 1.165) is 12.1 Å². The summed E-state index contributed by atoms with van der Waals surface area (Å²) in [4.78, 5) is 13.4. The third kappa shape index (κ3) is 9.44. The zero-order chi connectivity index (χ0) is 48.2. The van der Waals surface area contributed by atoms with Crippen molar-refractivity contribution in [3.05, 3.63) is 144 Å². The summed E-state index contributed by atoms with van der Waals surface area (Å²) in [6.45, 7) is 0. The van der Waals surface area contributed by atoms with E-state index in [9.17, 15) is 51.9 Å². The molecule has 5 heterocycles. The maximum atomic E-state index is 12.0. The molecule has 0 unspecified atom stereocenters. The van der Waals surface area contributed by atoms with E-state index in [1.54, 1.807) is 55.6 Å². The van der Waals surface area contributed by atoms with Crippen LogP contribution >= 0.6 is 10.1 Å². The van der Waals surface area contributed by atoms with E-state index in [1.807, 2.05) is 4.57 Å². The molecule has 7 aromatic rings. The van der Waals surface area contributed by atoms with Crippen molar-refractivity contribution < 1.29 is 66.7 Å². The number of hydrogen-bond acceptors (Lipinski definition) is 13. The summed E-state index contributed by atoms with van der Waals surface area (Å²) in [6.07, 6.45) is 6.82. The minimum absolute atomic E-state index is 0.335. The first kappa shape index (κ1) is 47.4. The van der Waals surface area contributed by atoms with Gasteiger partial charge < -0.3 is 23.2 Å². The van der Waals surface area contributed by atoms with E-state index in [0.29, 0.717) is 89.4 Å². The summed E-state index contributed by atoms with van der Waals surface area (Å²) < 4.78 is 143. The van der Waals surface area contributed by atoms with Gasteiger partial charge in [0.15, 0.2) is 0 Å². The van der Waals surface area contributed by atoms with Gasteiger partial charge in [-0.15, -0.1) is 11.0 Å². The Hall–Kier alpha value is -6.08. The van der Waals surface area contributed by atoms with Crippen molar-refractivity contribution in [1.29, 1.82) is 0 Å². The van der Waals surface area contributed by atoms with Crippen molar-refractivity contribution in [3.63, 3.8) is 0 Å². The van der Waals surface area contributed by atoms with Gasteiger partial charge in [0.2, 0.25) is 0 Å². The number of hydrogen-bond donors (Lipinski definition) is 1. The van der Waals surface area contributed by atoms with Crippen LogP contribution in [0.15, 0.2) is 141 Å². The van der Waals surface area contributed by atoms with Crippen molar-refractivity contribution in [2.75, 3.05) is 0 Å². The van der Waals surface area contributed by atoms with Gasteiger partial charge >= 0.3 is 25.0 Å². The molecule has 0 aliphatic carbocycles. The first-order valence-electron chi connectivity index (χ1n) is 19.1. The van der Waals surface area contributed by atoms with Gasteiger partial charge in [-0.3, -0.25) is 4.55 Å². The quantitative estimate of drug-likeness (QED) is 0.143. The van der Waals surface area contributed by atoms with Crippen LogP contribution in [0.25, 0.3) is 90.9 Å². The molecular weight excluding hydrogens is 1010 g/mol. The van der Waals surface area contributed by atoms with Crippen LogP contribution in [0.5, 0.6) is 0 Å². The van der Waals surface area contributed by atoms with E-state index >= 15 is 0 Å². The first-order valence-corrected chi connectivity index (χ1v) is 26.2. The Kier molecular flexibility index (Phi) is 12.6. The summed E-state index contributed by atoms with van der Waals surface area (Å²) in [7, 11) is -12.9. The second kappa shape index (κ2) is 17.9. The van der Waals surface area contributed by atoms with Gasteiger partial charge in [-0.25, -0.2) is 35.2 Å². The molecule has 0 amide bonds. The molecule has 22 heteroatoms. The molecule has 0 saturated carbocycles. The van der Waals surface area contributed by atoms with Gasteiger partial charge in [-0.2, -0.15) is 8.42 Å². The number of benzene rings is 4. The summed E-state index contributed by atoms with van der Waals surface area (Å²) in [5, 5.41) is 0. The second-order valence-electron chi connectivity index (χ2n) is 14.7. The number of aryl methyl sites for hydroxylation is 1. The van der Waals surface area contributed by atoms with E-state index in [2.05, 4.69) is 25.0 Å². The number of rotatable bonds is 8. The summed E-state index contributed by atoms with van der Waals surface area (Å²) in [5.74, 6) is 0.